The Morgan fingerprint density at radius 1 is 1.29 bits per heavy atom. The highest BCUT2D eigenvalue weighted by molar-refractivity contribution is 14.0. The molecule has 0 aliphatic rings. The van der Waals surface area contributed by atoms with Gasteiger partial charge in [0.05, 0.1) is 12.8 Å². The second-order valence-corrected chi connectivity index (χ2v) is 7.59. The Balaban J connectivity index is 0.00000400. The normalized spacial score (nSPS) is 11.9. The van der Waals surface area contributed by atoms with E-state index in [1.807, 2.05) is 0 Å². The first-order valence-electron chi connectivity index (χ1n) is 6.35. The molecule has 1 heterocycles. The lowest BCUT2D eigenvalue weighted by Gasteiger charge is -2.11. The molecule has 0 aliphatic heterocycles. The molecule has 0 atom stereocenters. The summed E-state index contributed by atoms with van der Waals surface area (Å²) in [6.07, 6.45) is 1.86. The van der Waals surface area contributed by atoms with E-state index in [-0.39, 0.29) is 24.0 Å². The average Bonchev–Trinajstić information content (AvgIpc) is 2.77. The maximum atomic E-state index is 10.9. The fraction of sp³-hybridized carbons (Fsp3) is 0.583. The van der Waals surface area contributed by atoms with Crippen LogP contribution in [0.15, 0.2) is 17.1 Å². The minimum atomic E-state index is -3.10. The minimum Gasteiger partial charge on any atom is -0.356 e. The van der Waals surface area contributed by atoms with Gasteiger partial charge in [0.25, 0.3) is 0 Å². The molecular weight excluding hydrogens is 423 g/mol. The molecule has 1 rings (SSSR count). The van der Waals surface area contributed by atoms with Crippen LogP contribution in [0.25, 0.3) is 0 Å². The van der Waals surface area contributed by atoms with Gasteiger partial charge in [0.15, 0.2) is 5.96 Å². The van der Waals surface area contributed by atoms with Gasteiger partial charge in [-0.1, -0.05) is 0 Å². The van der Waals surface area contributed by atoms with Crippen LogP contribution < -0.4 is 15.4 Å². The van der Waals surface area contributed by atoms with Crippen molar-refractivity contribution in [3.8, 4) is 0 Å². The van der Waals surface area contributed by atoms with Gasteiger partial charge in [0.1, 0.15) is 0 Å². The van der Waals surface area contributed by atoms with Crippen molar-refractivity contribution >= 4 is 51.3 Å². The van der Waals surface area contributed by atoms with Crippen LogP contribution in [-0.2, 0) is 16.6 Å². The van der Waals surface area contributed by atoms with Crippen LogP contribution in [0.1, 0.15) is 16.2 Å². The van der Waals surface area contributed by atoms with Crippen LogP contribution in [0.2, 0.25) is 0 Å². The molecule has 3 N–H and O–H groups in total. The highest BCUT2D eigenvalue weighted by atomic mass is 127. The quantitative estimate of drug-likeness (QED) is 0.255. The molecule has 0 saturated heterocycles. The summed E-state index contributed by atoms with van der Waals surface area (Å²) in [6.45, 7) is 3.90. The standard InChI is InChI=1S/C12H22N4O2S2.HI/c1-10-5-6-11(19-10)9-15-12(13-2)14-7-4-8-16-20(3,17)18;/h5-6,16H,4,7-9H2,1-3H3,(H2,13,14,15);1H. The van der Waals surface area contributed by atoms with Crippen molar-refractivity contribution in [2.75, 3.05) is 26.4 Å². The third kappa shape index (κ3) is 10.0. The number of aliphatic imine (C=N–C) groups is 1. The van der Waals surface area contributed by atoms with Gasteiger partial charge >= 0.3 is 0 Å². The number of guanidine groups is 1. The summed E-state index contributed by atoms with van der Waals surface area (Å²) in [4.78, 5) is 6.66. The monoisotopic (exact) mass is 446 g/mol. The Labute approximate surface area is 147 Å². The lowest BCUT2D eigenvalue weighted by molar-refractivity contribution is 0.584. The van der Waals surface area contributed by atoms with Gasteiger partial charge < -0.3 is 10.6 Å². The molecule has 1 aromatic rings. The molecule has 21 heavy (non-hydrogen) atoms. The van der Waals surface area contributed by atoms with Crippen LogP contribution in [0, 0.1) is 6.92 Å². The van der Waals surface area contributed by atoms with Gasteiger partial charge in [-0.15, -0.1) is 35.3 Å². The van der Waals surface area contributed by atoms with E-state index in [1.54, 1.807) is 18.4 Å². The number of sulfonamides is 1. The maximum absolute atomic E-state index is 10.9. The Morgan fingerprint density at radius 3 is 2.52 bits per heavy atom. The van der Waals surface area contributed by atoms with Crippen LogP contribution in [0.3, 0.4) is 0 Å². The van der Waals surface area contributed by atoms with Gasteiger partial charge in [-0.2, -0.15) is 0 Å². The fourth-order valence-electron chi connectivity index (χ4n) is 1.52. The first-order chi connectivity index (χ1) is 9.40. The second kappa shape index (κ2) is 10.4. The first kappa shape index (κ1) is 20.6. The number of nitrogens with zero attached hydrogens (tertiary/aromatic N) is 1. The molecule has 0 saturated carbocycles. The van der Waals surface area contributed by atoms with E-state index in [4.69, 9.17) is 0 Å². The van der Waals surface area contributed by atoms with Crippen LogP contribution in [0.5, 0.6) is 0 Å². The maximum Gasteiger partial charge on any atom is 0.208 e. The lowest BCUT2D eigenvalue weighted by atomic mass is 10.4. The molecule has 0 aromatic carbocycles. The van der Waals surface area contributed by atoms with Gasteiger partial charge in [-0.05, 0) is 25.5 Å². The third-order valence-corrected chi connectivity index (χ3v) is 4.19. The summed E-state index contributed by atoms with van der Waals surface area (Å²) in [5, 5.41) is 6.36. The van der Waals surface area contributed by atoms with Gasteiger partial charge in [0.2, 0.25) is 10.0 Å². The summed E-state index contributed by atoms with van der Waals surface area (Å²) < 4.78 is 24.2. The summed E-state index contributed by atoms with van der Waals surface area (Å²) in [5.74, 6) is 0.718. The van der Waals surface area contributed by atoms with Crippen molar-refractivity contribution in [1.82, 2.24) is 15.4 Å². The Bertz CT molecular complexity index is 543. The van der Waals surface area contributed by atoms with Crippen LogP contribution in [0.4, 0.5) is 0 Å². The van der Waals surface area contributed by atoms with Crippen molar-refractivity contribution in [1.29, 1.82) is 0 Å². The molecule has 6 nitrogen and oxygen atoms in total. The van der Waals surface area contributed by atoms with Crippen molar-refractivity contribution in [2.24, 2.45) is 4.99 Å². The Morgan fingerprint density at radius 2 is 2.00 bits per heavy atom. The molecule has 0 unspecified atom stereocenters. The summed E-state index contributed by atoms with van der Waals surface area (Å²) in [6, 6.07) is 4.19. The van der Waals surface area contributed by atoms with Crippen molar-refractivity contribution < 1.29 is 8.42 Å². The molecule has 0 amide bonds. The number of halogens is 1. The Hall–Kier alpha value is -0.390. The molecule has 122 valence electrons. The number of hydrogen-bond donors (Lipinski definition) is 3. The van der Waals surface area contributed by atoms with Gasteiger partial charge in [-0.3, -0.25) is 4.99 Å². The zero-order chi connectivity index (χ0) is 15.0. The van der Waals surface area contributed by atoms with E-state index in [0.717, 1.165) is 18.8 Å². The third-order valence-electron chi connectivity index (χ3n) is 2.46. The molecule has 9 heteroatoms. The largest absolute Gasteiger partial charge is 0.356 e. The van der Waals surface area contributed by atoms with E-state index >= 15 is 0 Å². The van der Waals surface area contributed by atoms with E-state index in [1.165, 1.54) is 9.75 Å². The van der Waals surface area contributed by atoms with Crippen LogP contribution in [-0.4, -0.2) is 40.8 Å². The van der Waals surface area contributed by atoms with E-state index in [2.05, 4.69) is 39.4 Å². The number of hydrogen-bond acceptors (Lipinski definition) is 4. The smallest absolute Gasteiger partial charge is 0.208 e. The SMILES string of the molecule is CN=C(NCCCNS(C)(=O)=O)NCc1ccc(C)s1.I. The van der Waals surface area contributed by atoms with Crippen molar-refractivity contribution in [2.45, 2.75) is 19.9 Å². The van der Waals surface area contributed by atoms with Gasteiger partial charge in [-0.25, -0.2) is 13.1 Å². The number of aryl methyl sites for hydroxylation is 1. The topological polar surface area (TPSA) is 82.6 Å². The lowest BCUT2D eigenvalue weighted by Crippen LogP contribution is -2.38. The molecular formula is C12H23IN4O2S2. The number of rotatable bonds is 7. The zero-order valence-corrected chi connectivity index (χ0v) is 16.4. The molecule has 0 radical (unpaired) electrons. The van der Waals surface area contributed by atoms with Gasteiger partial charge in [0, 0.05) is 29.9 Å². The predicted molar refractivity (Wildman–Crippen MR) is 100 cm³/mol. The summed E-state index contributed by atoms with van der Waals surface area (Å²) in [5.41, 5.74) is 0. The molecule has 0 spiro atoms. The molecule has 0 bridgehead atoms. The summed E-state index contributed by atoms with van der Waals surface area (Å²) in [7, 11) is -1.38. The predicted octanol–water partition coefficient (Wildman–Crippen LogP) is 1.28. The van der Waals surface area contributed by atoms with Crippen molar-refractivity contribution in [3.05, 3.63) is 21.9 Å². The van der Waals surface area contributed by atoms with E-state index in [0.29, 0.717) is 19.5 Å². The molecule has 1 aromatic heterocycles. The van der Waals surface area contributed by atoms with Crippen molar-refractivity contribution in [3.63, 3.8) is 0 Å². The average molecular weight is 446 g/mol. The highest BCUT2D eigenvalue weighted by Crippen LogP contribution is 2.14. The Kier molecular flexibility index (Phi) is 10.2. The first-order valence-corrected chi connectivity index (χ1v) is 9.06. The molecule has 0 aliphatic carbocycles. The minimum absolute atomic E-state index is 0. The van der Waals surface area contributed by atoms with Crippen LogP contribution >= 0.6 is 35.3 Å². The van der Waals surface area contributed by atoms with E-state index in [9.17, 15) is 8.42 Å². The fourth-order valence-corrected chi connectivity index (χ4v) is 2.87. The van der Waals surface area contributed by atoms with E-state index < -0.39 is 10.0 Å². The zero-order valence-electron chi connectivity index (χ0n) is 12.5. The molecule has 0 fully saturated rings. The highest BCUT2D eigenvalue weighted by Gasteiger charge is 2.01. The number of nitrogens with one attached hydrogen (secondary N) is 3. The summed E-state index contributed by atoms with van der Waals surface area (Å²) >= 11 is 1.75. The second-order valence-electron chi connectivity index (χ2n) is 4.38. The number of thiophene rings is 1.